The van der Waals surface area contributed by atoms with Gasteiger partial charge in [-0.1, -0.05) is 26.0 Å². The molecule has 0 fully saturated rings. The van der Waals surface area contributed by atoms with Crippen LogP contribution in [0.15, 0.2) is 24.3 Å². The summed E-state index contributed by atoms with van der Waals surface area (Å²) in [6.45, 7) is 8.15. The number of likely N-dealkylation sites (N-methyl/N-ethyl adjacent to an activating group) is 1. The van der Waals surface area contributed by atoms with E-state index >= 15 is 0 Å². The molecule has 3 rings (SSSR count). The molecule has 0 atom stereocenters. The topological polar surface area (TPSA) is 154 Å². The van der Waals surface area contributed by atoms with Gasteiger partial charge in [-0.3, -0.25) is 20.2 Å². The van der Waals surface area contributed by atoms with Crippen molar-refractivity contribution in [2.24, 2.45) is 0 Å². The summed E-state index contributed by atoms with van der Waals surface area (Å²) in [4.78, 5) is 39.9. The van der Waals surface area contributed by atoms with E-state index in [1.807, 2.05) is 28.8 Å². The Morgan fingerprint density at radius 3 is 2.44 bits per heavy atom. The first-order valence-corrected chi connectivity index (χ1v) is 10.1. The van der Waals surface area contributed by atoms with Crippen LogP contribution in [0.1, 0.15) is 19.5 Å². The van der Waals surface area contributed by atoms with E-state index < -0.39 is 33.8 Å². The molecule has 13 nitrogen and oxygen atoms in total. The van der Waals surface area contributed by atoms with Crippen molar-refractivity contribution in [2.75, 3.05) is 25.0 Å². The number of carbonyl (C=O) groups excluding carboxylic acids is 1. The van der Waals surface area contributed by atoms with Crippen LogP contribution >= 0.6 is 0 Å². The van der Waals surface area contributed by atoms with E-state index in [0.29, 0.717) is 18.0 Å². The summed E-state index contributed by atoms with van der Waals surface area (Å²) in [7, 11) is 0. The van der Waals surface area contributed by atoms with Crippen molar-refractivity contribution in [2.45, 2.75) is 33.9 Å². The molecule has 1 aromatic carbocycles. The van der Waals surface area contributed by atoms with E-state index in [0.717, 1.165) is 29.8 Å². The first kappa shape index (κ1) is 22.8. The Hall–Kier alpha value is -3.87. The molecule has 0 saturated heterocycles. The molecule has 0 aliphatic heterocycles. The lowest BCUT2D eigenvalue weighted by molar-refractivity contribution is -0.424. The molecule has 170 valence electrons. The van der Waals surface area contributed by atoms with Crippen molar-refractivity contribution in [3.63, 3.8) is 0 Å². The van der Waals surface area contributed by atoms with E-state index in [9.17, 15) is 25.0 Å². The van der Waals surface area contributed by atoms with Gasteiger partial charge in [-0.25, -0.2) is 4.98 Å². The predicted octanol–water partition coefficient (Wildman–Crippen LogP) is 2.34. The molecule has 1 N–H and O–H groups in total. The first-order valence-electron chi connectivity index (χ1n) is 10.1. The molecule has 0 spiro atoms. The van der Waals surface area contributed by atoms with Crippen molar-refractivity contribution >= 4 is 34.4 Å². The third-order valence-electron chi connectivity index (χ3n) is 5.25. The molecule has 0 radical (unpaired) electrons. The molecule has 1 amide bonds. The summed E-state index contributed by atoms with van der Waals surface area (Å²) in [5.41, 5.74) is 0.765. The van der Waals surface area contributed by atoms with Crippen LogP contribution in [0.4, 0.5) is 17.5 Å². The first-order chi connectivity index (χ1) is 15.3. The number of nitrogens with one attached hydrogen (secondary N) is 1. The number of hydrogen-bond acceptors (Lipinski definition) is 8. The Balaban J connectivity index is 1.86. The van der Waals surface area contributed by atoms with Crippen LogP contribution in [0.2, 0.25) is 0 Å². The van der Waals surface area contributed by atoms with Gasteiger partial charge in [-0.2, -0.15) is 4.68 Å². The van der Waals surface area contributed by atoms with Gasteiger partial charge in [0.25, 0.3) is 5.91 Å². The standard InChI is InChI=1S/C19H24N8O5/c1-4-23(5-2)10-11-24-15-9-7-6-8-14(15)20-19(24)21-16(28)12-25-13(3)17(26(29)30)18(22-25)27(31)32/h6-9H,4-5,10-12H2,1-3H3,(H,20,21,28). The highest BCUT2D eigenvalue weighted by Crippen LogP contribution is 2.29. The second-order valence-electron chi connectivity index (χ2n) is 7.08. The van der Waals surface area contributed by atoms with Crippen LogP contribution in [0.25, 0.3) is 11.0 Å². The highest BCUT2D eigenvalue weighted by Gasteiger charge is 2.35. The predicted molar refractivity (Wildman–Crippen MR) is 116 cm³/mol. The summed E-state index contributed by atoms with van der Waals surface area (Å²) < 4.78 is 2.85. The number of anilines is 1. The summed E-state index contributed by atoms with van der Waals surface area (Å²) in [6.07, 6.45) is 0. The maximum atomic E-state index is 12.7. The zero-order chi connectivity index (χ0) is 23.4. The molecule has 2 heterocycles. The van der Waals surface area contributed by atoms with Crippen LogP contribution in [0.3, 0.4) is 0 Å². The van der Waals surface area contributed by atoms with Crippen molar-refractivity contribution in [1.82, 2.24) is 24.2 Å². The summed E-state index contributed by atoms with van der Waals surface area (Å²) in [5, 5.41) is 28.6. The van der Waals surface area contributed by atoms with Gasteiger partial charge in [0, 0.05) is 13.1 Å². The Morgan fingerprint density at radius 1 is 1.16 bits per heavy atom. The maximum Gasteiger partial charge on any atom is 0.468 e. The average molecular weight is 444 g/mol. The number of benzene rings is 1. The number of para-hydroxylation sites is 2. The van der Waals surface area contributed by atoms with Gasteiger partial charge < -0.3 is 19.6 Å². The number of imidazole rings is 1. The van der Waals surface area contributed by atoms with Gasteiger partial charge in [0.05, 0.1) is 21.1 Å². The number of rotatable bonds is 10. The smallest absolute Gasteiger partial charge is 0.358 e. The second kappa shape index (κ2) is 9.51. The zero-order valence-corrected chi connectivity index (χ0v) is 18.0. The van der Waals surface area contributed by atoms with Crippen molar-refractivity contribution in [3.8, 4) is 0 Å². The minimum absolute atomic E-state index is 0.0770. The highest BCUT2D eigenvalue weighted by molar-refractivity contribution is 5.91. The van der Waals surface area contributed by atoms with Crippen molar-refractivity contribution in [3.05, 3.63) is 50.2 Å². The number of nitrogens with zero attached hydrogens (tertiary/aromatic N) is 7. The molecule has 0 bridgehead atoms. The number of aromatic nitrogens is 4. The molecule has 13 heteroatoms. The molecule has 0 unspecified atom stereocenters. The van der Waals surface area contributed by atoms with E-state index in [2.05, 4.69) is 34.1 Å². The lowest BCUT2D eigenvalue weighted by Gasteiger charge is -2.19. The van der Waals surface area contributed by atoms with Gasteiger partial charge in [0.1, 0.15) is 12.2 Å². The molecular weight excluding hydrogens is 420 g/mol. The lowest BCUT2D eigenvalue weighted by Crippen LogP contribution is -2.28. The van der Waals surface area contributed by atoms with E-state index in [1.165, 1.54) is 6.92 Å². The third-order valence-corrected chi connectivity index (χ3v) is 5.25. The molecule has 32 heavy (non-hydrogen) atoms. The molecule has 3 aromatic rings. The molecular formula is C19H24N8O5. The third kappa shape index (κ3) is 4.56. The van der Waals surface area contributed by atoms with Crippen LogP contribution < -0.4 is 5.32 Å². The van der Waals surface area contributed by atoms with Gasteiger partial charge in [0.2, 0.25) is 5.95 Å². The van der Waals surface area contributed by atoms with Crippen LogP contribution in [0.5, 0.6) is 0 Å². The number of amides is 1. The van der Waals surface area contributed by atoms with Crippen LogP contribution in [-0.2, 0) is 17.9 Å². The van der Waals surface area contributed by atoms with Crippen LogP contribution in [0, 0.1) is 27.2 Å². The fourth-order valence-electron chi connectivity index (χ4n) is 3.49. The number of carbonyl (C=O) groups is 1. The highest BCUT2D eigenvalue weighted by atomic mass is 16.6. The Bertz CT molecular complexity index is 1160. The van der Waals surface area contributed by atoms with Gasteiger partial charge in [-0.15, -0.1) is 0 Å². The Morgan fingerprint density at radius 2 is 1.84 bits per heavy atom. The van der Waals surface area contributed by atoms with E-state index in [1.54, 1.807) is 0 Å². The fraction of sp³-hybridized carbons (Fsp3) is 0.421. The largest absolute Gasteiger partial charge is 0.468 e. The minimum Gasteiger partial charge on any atom is -0.358 e. The van der Waals surface area contributed by atoms with E-state index in [-0.39, 0.29) is 5.69 Å². The SMILES string of the molecule is CCN(CC)CCn1c(NC(=O)Cn2nc([N+](=O)[O-])c([N+](=O)[O-])c2C)nc2ccccc21. The lowest BCUT2D eigenvalue weighted by atomic mass is 10.3. The molecule has 0 saturated carbocycles. The van der Waals surface area contributed by atoms with E-state index in [4.69, 9.17) is 0 Å². The van der Waals surface area contributed by atoms with Gasteiger partial charge in [0.15, 0.2) is 0 Å². The van der Waals surface area contributed by atoms with Gasteiger partial charge >= 0.3 is 11.5 Å². The maximum absolute atomic E-state index is 12.7. The summed E-state index contributed by atoms with van der Waals surface area (Å²) in [6, 6.07) is 7.48. The quantitative estimate of drug-likeness (QED) is 0.369. The average Bonchev–Trinajstić information content (AvgIpc) is 3.26. The van der Waals surface area contributed by atoms with Gasteiger partial charge in [-0.05, 0) is 37.1 Å². The number of nitro groups is 2. The van der Waals surface area contributed by atoms with Crippen molar-refractivity contribution in [1.29, 1.82) is 0 Å². The van der Waals surface area contributed by atoms with Crippen molar-refractivity contribution < 1.29 is 14.6 Å². The minimum atomic E-state index is -0.938. The Kier molecular flexibility index (Phi) is 6.78. The summed E-state index contributed by atoms with van der Waals surface area (Å²) in [5.74, 6) is -1.12. The molecule has 0 aliphatic carbocycles. The Labute approximate surface area is 182 Å². The van der Waals surface area contributed by atoms with Crippen LogP contribution in [-0.4, -0.2) is 59.6 Å². The zero-order valence-electron chi connectivity index (χ0n) is 18.0. The number of fused-ring (bicyclic) bond motifs is 1. The summed E-state index contributed by atoms with van der Waals surface area (Å²) >= 11 is 0. The second-order valence-corrected chi connectivity index (χ2v) is 7.08. The normalized spacial score (nSPS) is 11.2. The molecule has 2 aromatic heterocycles. The monoisotopic (exact) mass is 444 g/mol. The number of hydrogen-bond donors (Lipinski definition) is 1. The fourth-order valence-corrected chi connectivity index (χ4v) is 3.49. The molecule has 0 aliphatic rings.